The highest BCUT2D eigenvalue weighted by molar-refractivity contribution is 5.83. The minimum atomic E-state index is -4.60. The van der Waals surface area contributed by atoms with Gasteiger partial charge < -0.3 is 15.3 Å². The topological polar surface area (TPSA) is 69.6 Å². The molecule has 1 rings (SSSR count). The molecule has 0 aromatic heterocycles. The summed E-state index contributed by atoms with van der Waals surface area (Å²) in [5.74, 6) is -2.90. The molecule has 0 spiro atoms. The summed E-state index contributed by atoms with van der Waals surface area (Å²) in [5.41, 5.74) is 0. The van der Waals surface area contributed by atoms with Crippen LogP contribution in [-0.4, -0.2) is 54.2 Å². The fourth-order valence-corrected chi connectivity index (χ4v) is 1.97. The van der Waals surface area contributed by atoms with E-state index < -0.39 is 37.1 Å². The Kier molecular flexibility index (Phi) is 4.55. The van der Waals surface area contributed by atoms with E-state index in [-0.39, 0.29) is 12.5 Å². The average molecular weight is 268 g/mol. The zero-order chi connectivity index (χ0) is 13.9. The standard InChI is InChI=1S/C10H15F3N2O3/c1-6-2-14-3-7(6)9(18)15(4-8(16)17)5-10(11,12)13/h6-7,14H,2-5H2,1H3,(H,16,17)/t6-,7-/m1/s1. The summed E-state index contributed by atoms with van der Waals surface area (Å²) in [7, 11) is 0. The minimum Gasteiger partial charge on any atom is -0.480 e. The SMILES string of the molecule is C[C@@H]1CNC[C@H]1C(=O)N(CC(=O)O)CC(F)(F)F. The Hall–Kier alpha value is -1.31. The number of carbonyl (C=O) groups is 2. The Morgan fingerprint density at radius 3 is 2.39 bits per heavy atom. The zero-order valence-corrected chi connectivity index (χ0v) is 9.83. The Morgan fingerprint density at radius 2 is 2.00 bits per heavy atom. The van der Waals surface area contributed by atoms with Gasteiger partial charge in [-0.3, -0.25) is 9.59 Å². The first-order chi connectivity index (χ1) is 8.20. The molecule has 104 valence electrons. The molecule has 0 unspecified atom stereocenters. The van der Waals surface area contributed by atoms with Crippen molar-refractivity contribution < 1.29 is 27.9 Å². The number of nitrogens with one attached hydrogen (secondary N) is 1. The van der Waals surface area contributed by atoms with Crippen LogP contribution in [0.3, 0.4) is 0 Å². The number of halogens is 3. The van der Waals surface area contributed by atoms with Gasteiger partial charge in [0, 0.05) is 6.54 Å². The van der Waals surface area contributed by atoms with Crippen molar-refractivity contribution >= 4 is 11.9 Å². The fourth-order valence-electron chi connectivity index (χ4n) is 1.97. The third kappa shape index (κ3) is 4.17. The van der Waals surface area contributed by atoms with Gasteiger partial charge in [0.25, 0.3) is 0 Å². The van der Waals surface area contributed by atoms with Crippen molar-refractivity contribution in [2.75, 3.05) is 26.2 Å². The number of carboxylic acid groups (broad SMARTS) is 1. The molecule has 2 N–H and O–H groups in total. The molecule has 1 fully saturated rings. The first-order valence-corrected chi connectivity index (χ1v) is 5.48. The molecule has 0 radical (unpaired) electrons. The maximum atomic E-state index is 12.3. The van der Waals surface area contributed by atoms with E-state index in [1.165, 1.54) is 0 Å². The summed E-state index contributed by atoms with van der Waals surface area (Å²) in [5, 5.41) is 11.5. The lowest BCUT2D eigenvalue weighted by molar-refractivity contribution is -0.168. The lowest BCUT2D eigenvalue weighted by atomic mass is 9.96. The molecule has 1 aliphatic heterocycles. The summed E-state index contributed by atoms with van der Waals surface area (Å²) in [6.45, 7) is 0.120. The van der Waals surface area contributed by atoms with Crippen LogP contribution in [0.2, 0.25) is 0 Å². The summed E-state index contributed by atoms with van der Waals surface area (Å²) in [6.07, 6.45) is -4.60. The van der Waals surface area contributed by atoms with Crippen LogP contribution in [0, 0.1) is 11.8 Å². The van der Waals surface area contributed by atoms with Gasteiger partial charge in [-0.1, -0.05) is 6.92 Å². The van der Waals surface area contributed by atoms with Gasteiger partial charge in [0.15, 0.2) is 0 Å². The van der Waals surface area contributed by atoms with Gasteiger partial charge in [-0.05, 0) is 12.5 Å². The van der Waals surface area contributed by atoms with Gasteiger partial charge in [-0.25, -0.2) is 0 Å². The fraction of sp³-hybridized carbons (Fsp3) is 0.800. The quantitative estimate of drug-likeness (QED) is 0.770. The van der Waals surface area contributed by atoms with Crippen LogP contribution in [0.5, 0.6) is 0 Å². The predicted molar refractivity (Wildman–Crippen MR) is 55.8 cm³/mol. The van der Waals surface area contributed by atoms with E-state index in [0.29, 0.717) is 11.4 Å². The number of hydrogen-bond donors (Lipinski definition) is 2. The number of carbonyl (C=O) groups excluding carboxylic acids is 1. The summed E-state index contributed by atoms with van der Waals surface area (Å²) in [6, 6.07) is 0. The highest BCUT2D eigenvalue weighted by Gasteiger charge is 2.39. The van der Waals surface area contributed by atoms with Gasteiger partial charge in [0.05, 0.1) is 5.92 Å². The monoisotopic (exact) mass is 268 g/mol. The second-order valence-corrected chi connectivity index (χ2v) is 4.45. The molecule has 0 saturated carbocycles. The van der Waals surface area contributed by atoms with Crippen LogP contribution in [-0.2, 0) is 9.59 Å². The van der Waals surface area contributed by atoms with Crippen molar-refractivity contribution in [1.29, 1.82) is 0 Å². The van der Waals surface area contributed by atoms with Crippen molar-refractivity contribution in [2.45, 2.75) is 13.1 Å². The van der Waals surface area contributed by atoms with Gasteiger partial charge in [0.2, 0.25) is 5.91 Å². The Bertz CT molecular complexity index is 333. The number of alkyl halides is 3. The van der Waals surface area contributed by atoms with Gasteiger partial charge in [-0.15, -0.1) is 0 Å². The van der Waals surface area contributed by atoms with Crippen LogP contribution < -0.4 is 5.32 Å². The molecule has 1 aliphatic rings. The molecule has 0 aromatic rings. The number of hydrogen-bond acceptors (Lipinski definition) is 3. The zero-order valence-electron chi connectivity index (χ0n) is 9.83. The third-order valence-electron chi connectivity index (χ3n) is 2.84. The molecular formula is C10H15F3N2O3. The average Bonchev–Trinajstić information content (AvgIpc) is 2.59. The predicted octanol–water partition coefficient (Wildman–Crippen LogP) is 0.317. The Morgan fingerprint density at radius 1 is 1.39 bits per heavy atom. The molecule has 2 atom stereocenters. The molecule has 8 heteroatoms. The molecular weight excluding hydrogens is 253 g/mol. The van der Waals surface area contributed by atoms with Crippen molar-refractivity contribution in [3.8, 4) is 0 Å². The Labute approximate surface area is 102 Å². The maximum absolute atomic E-state index is 12.3. The molecule has 18 heavy (non-hydrogen) atoms. The van der Waals surface area contributed by atoms with Crippen LogP contribution in [0.1, 0.15) is 6.92 Å². The molecule has 1 amide bonds. The van der Waals surface area contributed by atoms with E-state index in [9.17, 15) is 22.8 Å². The molecule has 0 aromatic carbocycles. The van der Waals surface area contributed by atoms with E-state index >= 15 is 0 Å². The first-order valence-electron chi connectivity index (χ1n) is 5.48. The third-order valence-corrected chi connectivity index (χ3v) is 2.84. The van der Waals surface area contributed by atoms with Crippen molar-refractivity contribution in [3.05, 3.63) is 0 Å². The summed E-state index contributed by atoms with van der Waals surface area (Å²) < 4.78 is 36.9. The molecule has 1 saturated heterocycles. The first kappa shape index (κ1) is 14.7. The Balaban J connectivity index is 2.75. The number of carboxylic acids is 1. The van der Waals surface area contributed by atoms with Gasteiger partial charge >= 0.3 is 12.1 Å². The maximum Gasteiger partial charge on any atom is 0.406 e. The largest absolute Gasteiger partial charge is 0.480 e. The van der Waals surface area contributed by atoms with Crippen molar-refractivity contribution in [1.82, 2.24) is 10.2 Å². The van der Waals surface area contributed by atoms with Crippen molar-refractivity contribution in [3.63, 3.8) is 0 Å². The van der Waals surface area contributed by atoms with E-state index in [1.54, 1.807) is 6.92 Å². The van der Waals surface area contributed by atoms with Crippen LogP contribution in [0.25, 0.3) is 0 Å². The van der Waals surface area contributed by atoms with Crippen molar-refractivity contribution in [2.24, 2.45) is 11.8 Å². The van der Waals surface area contributed by atoms with E-state index in [4.69, 9.17) is 5.11 Å². The summed E-state index contributed by atoms with van der Waals surface area (Å²) in [4.78, 5) is 22.8. The smallest absolute Gasteiger partial charge is 0.406 e. The minimum absolute atomic E-state index is 0.0953. The van der Waals surface area contributed by atoms with E-state index in [1.807, 2.05) is 0 Å². The number of nitrogens with zero attached hydrogens (tertiary/aromatic N) is 1. The van der Waals surface area contributed by atoms with Crippen LogP contribution in [0.15, 0.2) is 0 Å². The van der Waals surface area contributed by atoms with Crippen LogP contribution >= 0.6 is 0 Å². The van der Waals surface area contributed by atoms with E-state index in [0.717, 1.165) is 0 Å². The second kappa shape index (κ2) is 5.55. The molecule has 0 aliphatic carbocycles. The molecule has 5 nitrogen and oxygen atoms in total. The second-order valence-electron chi connectivity index (χ2n) is 4.45. The number of aliphatic carboxylic acids is 1. The highest BCUT2D eigenvalue weighted by Crippen LogP contribution is 2.22. The normalized spacial score (nSPS) is 24.0. The number of rotatable bonds is 4. The van der Waals surface area contributed by atoms with Crippen LogP contribution in [0.4, 0.5) is 13.2 Å². The van der Waals surface area contributed by atoms with E-state index in [2.05, 4.69) is 5.32 Å². The lowest BCUT2D eigenvalue weighted by Gasteiger charge is -2.26. The molecule has 1 heterocycles. The molecule has 0 bridgehead atoms. The summed E-state index contributed by atoms with van der Waals surface area (Å²) >= 11 is 0. The lowest BCUT2D eigenvalue weighted by Crippen LogP contribution is -2.46. The highest BCUT2D eigenvalue weighted by atomic mass is 19.4. The van der Waals surface area contributed by atoms with Gasteiger partial charge in [-0.2, -0.15) is 13.2 Å². The van der Waals surface area contributed by atoms with Gasteiger partial charge in [0.1, 0.15) is 13.1 Å². The number of amides is 1.